The van der Waals surface area contributed by atoms with Crippen molar-refractivity contribution in [3.05, 3.63) is 32.8 Å². The van der Waals surface area contributed by atoms with E-state index in [1.54, 1.807) is 18.2 Å². The molecule has 0 fully saturated rings. The van der Waals surface area contributed by atoms with E-state index in [2.05, 4.69) is 15.9 Å². The molecule has 0 saturated carbocycles. The van der Waals surface area contributed by atoms with Gasteiger partial charge < -0.3 is 0 Å². The highest BCUT2D eigenvalue weighted by atomic mass is 79.9. The fourth-order valence-corrected chi connectivity index (χ4v) is 2.83. The van der Waals surface area contributed by atoms with Crippen LogP contribution in [0.1, 0.15) is 0 Å². The van der Waals surface area contributed by atoms with Gasteiger partial charge in [0.15, 0.2) is 5.82 Å². The molecule has 0 aliphatic heterocycles. The number of rotatable bonds is 0. The van der Waals surface area contributed by atoms with Crippen LogP contribution in [0.25, 0.3) is 10.1 Å². The zero-order valence-electron chi connectivity index (χ0n) is 5.77. The van der Waals surface area contributed by atoms with Gasteiger partial charge >= 0.3 is 0 Å². The molecule has 0 aliphatic carbocycles. The van der Waals surface area contributed by atoms with Crippen molar-refractivity contribution in [2.45, 2.75) is 0 Å². The maximum Gasteiger partial charge on any atom is 0.156 e. The molecule has 0 saturated heterocycles. The van der Waals surface area contributed by atoms with Crippen molar-refractivity contribution in [3.63, 3.8) is 0 Å². The summed E-state index contributed by atoms with van der Waals surface area (Å²) in [7, 11) is 0. The van der Waals surface area contributed by atoms with Gasteiger partial charge in [-0.1, -0.05) is 11.6 Å². The van der Waals surface area contributed by atoms with E-state index in [1.165, 1.54) is 11.3 Å². The third-order valence-corrected chi connectivity index (χ3v) is 3.54. The van der Waals surface area contributed by atoms with E-state index in [-0.39, 0.29) is 5.82 Å². The Balaban J connectivity index is 2.87. The fourth-order valence-electron chi connectivity index (χ4n) is 1.01. The lowest BCUT2D eigenvalue weighted by atomic mass is 10.3. The van der Waals surface area contributed by atoms with Crippen LogP contribution in [-0.4, -0.2) is 0 Å². The van der Waals surface area contributed by atoms with E-state index < -0.39 is 0 Å². The quantitative estimate of drug-likeness (QED) is 0.660. The number of fused-ring (bicyclic) bond motifs is 1. The standard InChI is InChI=1S/C8H3BrClFS/c9-8-7(11)5-2-1-4(10)3-6(5)12-8/h1-3H. The van der Waals surface area contributed by atoms with E-state index in [0.29, 0.717) is 14.2 Å². The molecule has 0 unspecified atom stereocenters. The highest BCUT2D eigenvalue weighted by Crippen LogP contribution is 2.35. The lowest BCUT2D eigenvalue weighted by molar-refractivity contribution is 0.639. The van der Waals surface area contributed by atoms with E-state index >= 15 is 0 Å². The van der Waals surface area contributed by atoms with E-state index in [0.717, 1.165) is 4.70 Å². The lowest BCUT2D eigenvalue weighted by Gasteiger charge is -1.89. The number of halogens is 3. The Labute approximate surface area is 86.1 Å². The highest BCUT2D eigenvalue weighted by Gasteiger charge is 2.08. The zero-order valence-corrected chi connectivity index (χ0v) is 8.93. The average Bonchev–Trinajstić information content (AvgIpc) is 2.28. The summed E-state index contributed by atoms with van der Waals surface area (Å²) in [5.41, 5.74) is 0. The minimum Gasteiger partial charge on any atom is -0.204 e. The van der Waals surface area contributed by atoms with Crippen LogP contribution in [0.3, 0.4) is 0 Å². The SMILES string of the molecule is Fc1c(Br)sc2cc(Cl)ccc12. The number of hydrogen-bond acceptors (Lipinski definition) is 1. The van der Waals surface area contributed by atoms with Crippen LogP contribution in [0, 0.1) is 5.82 Å². The Morgan fingerprint density at radius 2 is 2.17 bits per heavy atom. The number of thiophene rings is 1. The van der Waals surface area contributed by atoms with Gasteiger partial charge in [0.25, 0.3) is 0 Å². The van der Waals surface area contributed by atoms with Crippen molar-refractivity contribution in [2.75, 3.05) is 0 Å². The number of hydrogen-bond donors (Lipinski definition) is 0. The molecule has 1 heterocycles. The second-order valence-corrected chi connectivity index (χ2v) is 5.14. The Kier molecular flexibility index (Phi) is 2.10. The molecule has 0 N–H and O–H groups in total. The summed E-state index contributed by atoms with van der Waals surface area (Å²) in [4.78, 5) is 0. The van der Waals surface area contributed by atoms with Gasteiger partial charge in [-0.25, -0.2) is 4.39 Å². The summed E-state index contributed by atoms with van der Waals surface area (Å²) in [5.74, 6) is -0.202. The summed E-state index contributed by atoms with van der Waals surface area (Å²) in [6, 6.07) is 5.13. The molecule has 0 aliphatic rings. The first-order valence-electron chi connectivity index (χ1n) is 3.21. The molecule has 0 nitrogen and oxygen atoms in total. The first-order chi connectivity index (χ1) is 5.68. The minimum atomic E-state index is -0.202. The summed E-state index contributed by atoms with van der Waals surface area (Å²) < 4.78 is 14.6. The molecule has 1 aromatic heterocycles. The summed E-state index contributed by atoms with van der Waals surface area (Å²) >= 11 is 10.2. The predicted molar refractivity (Wildman–Crippen MR) is 54.5 cm³/mol. The van der Waals surface area contributed by atoms with Crippen molar-refractivity contribution in [1.82, 2.24) is 0 Å². The van der Waals surface area contributed by atoms with Gasteiger partial charge in [0, 0.05) is 15.1 Å². The van der Waals surface area contributed by atoms with Crippen LogP contribution < -0.4 is 0 Å². The molecule has 62 valence electrons. The van der Waals surface area contributed by atoms with Gasteiger partial charge in [0.2, 0.25) is 0 Å². The molecule has 2 rings (SSSR count). The van der Waals surface area contributed by atoms with Crippen molar-refractivity contribution >= 4 is 49.0 Å². The van der Waals surface area contributed by atoms with E-state index in [9.17, 15) is 4.39 Å². The van der Waals surface area contributed by atoms with Gasteiger partial charge in [-0.3, -0.25) is 0 Å². The molecule has 2 aromatic rings. The first kappa shape index (κ1) is 8.48. The number of benzene rings is 1. The van der Waals surface area contributed by atoms with Crippen LogP contribution in [0.5, 0.6) is 0 Å². The summed E-state index contributed by atoms with van der Waals surface area (Å²) in [6.45, 7) is 0. The third-order valence-electron chi connectivity index (χ3n) is 1.55. The predicted octanol–water partition coefficient (Wildman–Crippen LogP) is 4.46. The lowest BCUT2D eigenvalue weighted by Crippen LogP contribution is -1.68. The normalized spacial score (nSPS) is 10.9. The van der Waals surface area contributed by atoms with Gasteiger partial charge in [0.1, 0.15) is 3.79 Å². The topological polar surface area (TPSA) is 0 Å². The molecule has 12 heavy (non-hydrogen) atoms. The summed E-state index contributed by atoms with van der Waals surface area (Å²) in [5, 5.41) is 1.26. The van der Waals surface area contributed by atoms with Crippen molar-refractivity contribution < 1.29 is 4.39 Å². The maximum absolute atomic E-state index is 13.2. The second kappa shape index (κ2) is 2.98. The maximum atomic E-state index is 13.2. The monoisotopic (exact) mass is 264 g/mol. The van der Waals surface area contributed by atoms with Crippen LogP contribution >= 0.6 is 38.9 Å². The fraction of sp³-hybridized carbons (Fsp3) is 0. The zero-order chi connectivity index (χ0) is 8.72. The van der Waals surface area contributed by atoms with Gasteiger partial charge in [-0.05, 0) is 34.1 Å². The molecule has 0 amide bonds. The molecule has 0 bridgehead atoms. The highest BCUT2D eigenvalue weighted by molar-refractivity contribution is 9.11. The van der Waals surface area contributed by atoms with E-state index in [1.807, 2.05) is 0 Å². The molecule has 4 heteroatoms. The second-order valence-electron chi connectivity index (χ2n) is 2.33. The van der Waals surface area contributed by atoms with Crippen LogP contribution in [0.4, 0.5) is 4.39 Å². The van der Waals surface area contributed by atoms with Crippen LogP contribution in [-0.2, 0) is 0 Å². The Morgan fingerprint density at radius 3 is 2.92 bits per heavy atom. The van der Waals surface area contributed by atoms with Crippen molar-refractivity contribution in [3.8, 4) is 0 Å². The smallest absolute Gasteiger partial charge is 0.156 e. The van der Waals surface area contributed by atoms with Crippen molar-refractivity contribution in [1.29, 1.82) is 0 Å². The van der Waals surface area contributed by atoms with E-state index in [4.69, 9.17) is 11.6 Å². The molecule has 0 atom stereocenters. The minimum absolute atomic E-state index is 0.202. The van der Waals surface area contributed by atoms with Crippen molar-refractivity contribution in [2.24, 2.45) is 0 Å². The molecular formula is C8H3BrClFS. The molecule has 1 aromatic carbocycles. The average molecular weight is 266 g/mol. The molecular weight excluding hydrogens is 263 g/mol. The first-order valence-corrected chi connectivity index (χ1v) is 5.20. The van der Waals surface area contributed by atoms with Crippen LogP contribution in [0.2, 0.25) is 5.02 Å². The Bertz CT molecular complexity index is 438. The largest absolute Gasteiger partial charge is 0.204 e. The molecule has 0 radical (unpaired) electrons. The Hall–Kier alpha value is -0.120. The van der Waals surface area contributed by atoms with Gasteiger partial charge in [0.05, 0.1) is 0 Å². The third kappa shape index (κ3) is 1.26. The Morgan fingerprint density at radius 1 is 1.42 bits per heavy atom. The summed E-state index contributed by atoms with van der Waals surface area (Å²) in [6.07, 6.45) is 0. The van der Waals surface area contributed by atoms with Gasteiger partial charge in [-0.15, -0.1) is 11.3 Å². The van der Waals surface area contributed by atoms with Crippen LogP contribution in [0.15, 0.2) is 22.0 Å². The molecule has 0 spiro atoms. The van der Waals surface area contributed by atoms with Gasteiger partial charge in [-0.2, -0.15) is 0 Å².